The summed E-state index contributed by atoms with van der Waals surface area (Å²) in [7, 11) is 0. The lowest BCUT2D eigenvalue weighted by Crippen LogP contribution is -1.96. The number of hydrogen-bond donors (Lipinski definition) is 0. The van der Waals surface area contributed by atoms with E-state index >= 15 is 0 Å². The minimum atomic E-state index is 1.15. The van der Waals surface area contributed by atoms with Gasteiger partial charge in [-0.3, -0.25) is 0 Å². The Kier molecular flexibility index (Phi) is 5.00. The Bertz CT molecular complexity index is 2650. The molecule has 10 aromatic rings. The van der Waals surface area contributed by atoms with Crippen LogP contribution < -0.4 is 0 Å². The van der Waals surface area contributed by atoms with Crippen LogP contribution in [0.15, 0.2) is 164 Å². The third-order valence-electron chi connectivity index (χ3n) is 9.43. The fourth-order valence-electron chi connectivity index (χ4n) is 7.60. The molecule has 0 spiro atoms. The van der Waals surface area contributed by atoms with Crippen LogP contribution in [-0.4, -0.2) is 13.7 Å². The molecule has 0 aliphatic heterocycles. The summed E-state index contributed by atoms with van der Waals surface area (Å²) in [6, 6.07) is 59.4. The maximum absolute atomic E-state index is 2.45. The summed E-state index contributed by atoms with van der Waals surface area (Å²) in [6.07, 6.45) is 0. The number of aromatic nitrogens is 3. The van der Waals surface area contributed by atoms with E-state index in [0.29, 0.717) is 0 Å². The molecule has 0 fully saturated rings. The van der Waals surface area contributed by atoms with E-state index < -0.39 is 0 Å². The van der Waals surface area contributed by atoms with E-state index in [4.69, 9.17) is 0 Å². The molecular formula is C42H27N3. The molecule has 45 heavy (non-hydrogen) atoms. The Balaban J connectivity index is 1.37. The average Bonchev–Trinajstić information content (AvgIpc) is 3.74. The Morgan fingerprint density at radius 1 is 0.267 bits per heavy atom. The van der Waals surface area contributed by atoms with Crippen molar-refractivity contribution in [1.82, 2.24) is 13.7 Å². The summed E-state index contributed by atoms with van der Waals surface area (Å²) in [6.45, 7) is 0. The van der Waals surface area contributed by atoms with Gasteiger partial charge in [-0.1, -0.05) is 97.1 Å². The van der Waals surface area contributed by atoms with E-state index in [1.807, 2.05) is 0 Å². The first-order valence-electron chi connectivity index (χ1n) is 15.5. The number of rotatable bonds is 3. The normalized spacial score (nSPS) is 12.0. The largest absolute Gasteiger partial charge is 0.309 e. The molecule has 210 valence electrons. The molecule has 3 heterocycles. The third-order valence-corrected chi connectivity index (χ3v) is 9.43. The van der Waals surface area contributed by atoms with Crippen molar-refractivity contribution in [2.45, 2.75) is 0 Å². The van der Waals surface area contributed by atoms with Gasteiger partial charge in [0.05, 0.1) is 38.8 Å². The highest BCUT2D eigenvalue weighted by Gasteiger charge is 2.20. The van der Waals surface area contributed by atoms with Crippen LogP contribution in [0, 0.1) is 0 Å². The summed E-state index contributed by atoms with van der Waals surface area (Å²) >= 11 is 0. The first-order chi connectivity index (χ1) is 22.4. The van der Waals surface area contributed by atoms with E-state index in [-0.39, 0.29) is 0 Å². The van der Waals surface area contributed by atoms with Gasteiger partial charge < -0.3 is 13.7 Å². The third kappa shape index (κ3) is 3.35. The maximum Gasteiger partial charge on any atom is 0.0562 e. The van der Waals surface area contributed by atoms with Crippen molar-refractivity contribution >= 4 is 65.4 Å². The van der Waals surface area contributed by atoms with Gasteiger partial charge in [-0.2, -0.15) is 0 Å². The number of fused-ring (bicyclic) bond motifs is 9. The van der Waals surface area contributed by atoms with Gasteiger partial charge in [-0.15, -0.1) is 0 Å². The summed E-state index contributed by atoms with van der Waals surface area (Å²) in [5.41, 5.74) is 10.7. The smallest absolute Gasteiger partial charge is 0.0562 e. The molecule has 0 aliphatic rings. The highest BCUT2D eigenvalue weighted by atomic mass is 15.0. The van der Waals surface area contributed by atoms with Gasteiger partial charge in [-0.05, 0) is 66.7 Å². The Labute approximate surface area is 259 Å². The van der Waals surface area contributed by atoms with Crippen LogP contribution in [-0.2, 0) is 0 Å². The second-order valence-corrected chi connectivity index (χ2v) is 11.8. The average molecular weight is 574 g/mol. The van der Waals surface area contributed by atoms with E-state index in [0.717, 1.165) is 11.4 Å². The van der Waals surface area contributed by atoms with Gasteiger partial charge >= 0.3 is 0 Å². The molecule has 7 aromatic carbocycles. The zero-order chi connectivity index (χ0) is 29.5. The molecule has 0 atom stereocenters. The van der Waals surface area contributed by atoms with Crippen molar-refractivity contribution in [2.75, 3.05) is 0 Å². The molecule has 0 N–H and O–H groups in total. The number of nitrogens with zero attached hydrogens (tertiary/aromatic N) is 3. The van der Waals surface area contributed by atoms with Crippen LogP contribution in [0.3, 0.4) is 0 Å². The van der Waals surface area contributed by atoms with Crippen LogP contribution in [0.5, 0.6) is 0 Å². The molecule has 0 aliphatic carbocycles. The van der Waals surface area contributed by atoms with Crippen molar-refractivity contribution in [2.24, 2.45) is 0 Å². The number of benzene rings is 7. The topological polar surface area (TPSA) is 14.8 Å². The van der Waals surface area contributed by atoms with Gasteiger partial charge in [0.15, 0.2) is 0 Å². The SMILES string of the molecule is c1ccc(-n2c3ccc(-n4c5ccccc5c5ccccc54)cc3c3c(-n4c5ccccc5c5ccccc54)cccc32)cc1. The lowest BCUT2D eigenvalue weighted by Gasteiger charge is -2.11. The molecule has 0 unspecified atom stereocenters. The van der Waals surface area contributed by atoms with E-state index in [1.165, 1.54) is 71.1 Å². The van der Waals surface area contributed by atoms with Crippen molar-refractivity contribution in [3.8, 4) is 17.1 Å². The van der Waals surface area contributed by atoms with Crippen LogP contribution in [0.25, 0.3) is 82.5 Å². The number of para-hydroxylation sites is 5. The summed E-state index contributed by atoms with van der Waals surface area (Å²) in [5.74, 6) is 0. The second kappa shape index (κ2) is 9.22. The molecule has 10 rings (SSSR count). The van der Waals surface area contributed by atoms with Crippen molar-refractivity contribution in [3.05, 3.63) is 164 Å². The fourth-order valence-corrected chi connectivity index (χ4v) is 7.60. The summed E-state index contributed by atoms with van der Waals surface area (Å²) < 4.78 is 7.28. The first-order valence-corrected chi connectivity index (χ1v) is 15.5. The Morgan fingerprint density at radius 2 is 0.711 bits per heavy atom. The standard InChI is InChI=1S/C42H27N3/c1-2-13-28(14-3-1)43-39-26-25-29(44-35-19-8-4-15-30(35)31-16-5-9-20-36(31)44)27-34(39)42-40(43)23-12-24-41(42)45-37-21-10-6-17-32(37)33-18-7-11-22-38(33)45/h1-27H. The van der Waals surface area contributed by atoms with Crippen LogP contribution in [0.2, 0.25) is 0 Å². The van der Waals surface area contributed by atoms with Gasteiger partial charge in [-0.25, -0.2) is 0 Å². The maximum atomic E-state index is 2.45. The second-order valence-electron chi connectivity index (χ2n) is 11.8. The minimum Gasteiger partial charge on any atom is -0.309 e. The lowest BCUT2D eigenvalue weighted by atomic mass is 10.1. The quantitative estimate of drug-likeness (QED) is 0.200. The van der Waals surface area contributed by atoms with Crippen LogP contribution in [0.1, 0.15) is 0 Å². The molecule has 3 aromatic heterocycles. The van der Waals surface area contributed by atoms with Crippen molar-refractivity contribution < 1.29 is 0 Å². The summed E-state index contributed by atoms with van der Waals surface area (Å²) in [5, 5.41) is 7.54. The van der Waals surface area contributed by atoms with Gasteiger partial charge in [0.2, 0.25) is 0 Å². The lowest BCUT2D eigenvalue weighted by molar-refractivity contribution is 1.16. The van der Waals surface area contributed by atoms with Gasteiger partial charge in [0.25, 0.3) is 0 Å². The minimum absolute atomic E-state index is 1.15. The number of hydrogen-bond acceptors (Lipinski definition) is 0. The predicted molar refractivity (Wildman–Crippen MR) is 189 cm³/mol. The Hall–Kier alpha value is -6.06. The Morgan fingerprint density at radius 3 is 1.29 bits per heavy atom. The van der Waals surface area contributed by atoms with Gasteiger partial charge in [0, 0.05) is 43.7 Å². The van der Waals surface area contributed by atoms with Crippen molar-refractivity contribution in [1.29, 1.82) is 0 Å². The van der Waals surface area contributed by atoms with Crippen LogP contribution in [0.4, 0.5) is 0 Å². The molecule has 0 saturated heterocycles. The van der Waals surface area contributed by atoms with Crippen LogP contribution >= 0.6 is 0 Å². The van der Waals surface area contributed by atoms with Crippen molar-refractivity contribution in [3.63, 3.8) is 0 Å². The van der Waals surface area contributed by atoms with E-state index in [2.05, 4.69) is 177 Å². The predicted octanol–water partition coefficient (Wildman–Crippen LogP) is 11.0. The molecule has 0 bridgehead atoms. The first kappa shape index (κ1) is 24.4. The molecule has 0 radical (unpaired) electrons. The zero-order valence-electron chi connectivity index (χ0n) is 24.4. The summed E-state index contributed by atoms with van der Waals surface area (Å²) in [4.78, 5) is 0. The zero-order valence-corrected chi connectivity index (χ0v) is 24.4. The highest BCUT2D eigenvalue weighted by Crippen LogP contribution is 2.41. The molecular weight excluding hydrogens is 546 g/mol. The molecule has 3 nitrogen and oxygen atoms in total. The molecule has 3 heteroatoms. The monoisotopic (exact) mass is 573 g/mol. The molecule has 0 saturated carbocycles. The van der Waals surface area contributed by atoms with Gasteiger partial charge in [0.1, 0.15) is 0 Å². The van der Waals surface area contributed by atoms with E-state index in [1.54, 1.807) is 0 Å². The fraction of sp³-hybridized carbons (Fsp3) is 0. The highest BCUT2D eigenvalue weighted by molar-refractivity contribution is 6.17. The van der Waals surface area contributed by atoms with E-state index in [9.17, 15) is 0 Å². The molecule has 0 amide bonds.